The van der Waals surface area contributed by atoms with Crippen LogP contribution < -0.4 is 5.73 Å². The van der Waals surface area contributed by atoms with Crippen LogP contribution in [-0.2, 0) is 9.84 Å². The third-order valence-electron chi connectivity index (χ3n) is 4.18. The maximum Gasteiger partial charge on any atom is 0.178 e. The number of rotatable bonds is 4. The Morgan fingerprint density at radius 2 is 2.10 bits per heavy atom. The molecular formula is C15H24N2O2S. The van der Waals surface area contributed by atoms with Crippen LogP contribution in [0.4, 0.5) is 5.69 Å². The van der Waals surface area contributed by atoms with Crippen molar-refractivity contribution in [3.8, 4) is 0 Å². The van der Waals surface area contributed by atoms with Gasteiger partial charge in [0.1, 0.15) is 0 Å². The van der Waals surface area contributed by atoms with Gasteiger partial charge in [0.15, 0.2) is 9.84 Å². The van der Waals surface area contributed by atoms with Gasteiger partial charge in [0.25, 0.3) is 0 Å². The predicted octanol–water partition coefficient (Wildman–Crippen LogP) is 2.23. The molecule has 1 unspecified atom stereocenters. The second kappa shape index (κ2) is 6.14. The van der Waals surface area contributed by atoms with Crippen molar-refractivity contribution in [2.75, 3.05) is 25.1 Å². The number of sulfone groups is 1. The van der Waals surface area contributed by atoms with Crippen LogP contribution in [0.2, 0.25) is 0 Å². The first-order valence-electron chi connectivity index (χ1n) is 7.19. The molecule has 0 bridgehead atoms. The Morgan fingerprint density at radius 1 is 1.35 bits per heavy atom. The number of piperidine rings is 1. The molecule has 0 aromatic heterocycles. The quantitative estimate of drug-likeness (QED) is 0.865. The molecule has 112 valence electrons. The summed E-state index contributed by atoms with van der Waals surface area (Å²) in [5, 5.41) is 0. The maximum atomic E-state index is 12.5. The molecule has 0 saturated carbocycles. The topological polar surface area (TPSA) is 63.4 Å². The summed E-state index contributed by atoms with van der Waals surface area (Å²) < 4.78 is 24.9. The molecule has 1 saturated heterocycles. The van der Waals surface area contributed by atoms with Crippen LogP contribution >= 0.6 is 0 Å². The molecule has 0 amide bonds. The zero-order valence-corrected chi connectivity index (χ0v) is 13.1. The van der Waals surface area contributed by atoms with Crippen LogP contribution in [0.5, 0.6) is 0 Å². The van der Waals surface area contributed by atoms with E-state index in [1.54, 1.807) is 25.1 Å². The van der Waals surface area contributed by atoms with Crippen molar-refractivity contribution in [1.29, 1.82) is 0 Å². The number of hydrogen-bond donors (Lipinski definition) is 1. The molecule has 20 heavy (non-hydrogen) atoms. The molecule has 5 heteroatoms. The van der Waals surface area contributed by atoms with E-state index >= 15 is 0 Å². The molecule has 1 aromatic carbocycles. The number of likely N-dealkylation sites (tertiary alicyclic amines) is 1. The molecule has 2 N–H and O–H groups in total. The monoisotopic (exact) mass is 296 g/mol. The molecular weight excluding hydrogens is 272 g/mol. The highest BCUT2D eigenvalue weighted by Gasteiger charge is 2.23. The van der Waals surface area contributed by atoms with Gasteiger partial charge in [-0.1, -0.05) is 6.42 Å². The minimum Gasteiger partial charge on any atom is -0.399 e. The van der Waals surface area contributed by atoms with Crippen LogP contribution in [0.1, 0.15) is 31.2 Å². The van der Waals surface area contributed by atoms with Gasteiger partial charge in [-0.3, -0.25) is 0 Å². The highest BCUT2D eigenvalue weighted by atomic mass is 32.2. The number of aryl methyl sites for hydroxylation is 1. The smallest absolute Gasteiger partial charge is 0.178 e. The van der Waals surface area contributed by atoms with Crippen molar-refractivity contribution < 1.29 is 8.42 Å². The summed E-state index contributed by atoms with van der Waals surface area (Å²) in [4.78, 5) is 2.71. The number of benzene rings is 1. The Balaban J connectivity index is 2.07. The van der Waals surface area contributed by atoms with E-state index in [2.05, 4.69) is 11.9 Å². The predicted molar refractivity (Wildman–Crippen MR) is 82.5 cm³/mol. The van der Waals surface area contributed by atoms with E-state index in [0.717, 1.165) is 18.5 Å². The molecule has 2 rings (SSSR count). The zero-order chi connectivity index (χ0) is 14.8. The number of hydrogen-bond acceptors (Lipinski definition) is 4. The minimum atomic E-state index is -3.21. The second-order valence-corrected chi connectivity index (χ2v) is 7.84. The molecule has 1 aromatic rings. The Morgan fingerprint density at radius 3 is 2.75 bits per heavy atom. The van der Waals surface area contributed by atoms with Gasteiger partial charge in [0.2, 0.25) is 0 Å². The number of nitrogens with zero attached hydrogens (tertiary/aromatic N) is 1. The Kier molecular flexibility index (Phi) is 4.70. The van der Waals surface area contributed by atoms with Gasteiger partial charge in [0.05, 0.1) is 10.6 Å². The molecule has 1 aliphatic heterocycles. The van der Waals surface area contributed by atoms with Gasteiger partial charge in [0, 0.05) is 11.7 Å². The summed E-state index contributed by atoms with van der Waals surface area (Å²) >= 11 is 0. The molecule has 1 aliphatic rings. The van der Waals surface area contributed by atoms with Crippen LogP contribution in [0.15, 0.2) is 23.1 Å². The van der Waals surface area contributed by atoms with Gasteiger partial charge in [-0.05, 0) is 63.5 Å². The van der Waals surface area contributed by atoms with E-state index in [9.17, 15) is 8.42 Å². The maximum absolute atomic E-state index is 12.5. The summed E-state index contributed by atoms with van der Waals surface area (Å²) in [6.45, 7) is 2.88. The van der Waals surface area contributed by atoms with Gasteiger partial charge in [-0.25, -0.2) is 8.42 Å². The standard InChI is InChI=1S/C15H24N2O2S/c1-12-11-13(16)6-7-15(12)20(18,19)10-8-14-5-3-4-9-17(14)2/h6-7,11,14H,3-5,8-10,16H2,1-2H3. The fourth-order valence-electron chi connectivity index (χ4n) is 2.93. The van der Waals surface area contributed by atoms with Gasteiger partial charge >= 0.3 is 0 Å². The average molecular weight is 296 g/mol. The lowest BCUT2D eigenvalue weighted by Crippen LogP contribution is -2.37. The third kappa shape index (κ3) is 3.52. The summed E-state index contributed by atoms with van der Waals surface area (Å²) in [5.41, 5.74) is 7.02. The van der Waals surface area contributed by atoms with Crippen LogP contribution in [-0.4, -0.2) is 38.7 Å². The first-order chi connectivity index (χ1) is 9.40. The summed E-state index contributed by atoms with van der Waals surface area (Å²) in [6.07, 6.45) is 4.24. The fourth-order valence-corrected chi connectivity index (χ4v) is 4.56. The lowest BCUT2D eigenvalue weighted by molar-refractivity contribution is 0.181. The van der Waals surface area contributed by atoms with Crippen molar-refractivity contribution in [2.45, 2.75) is 43.5 Å². The second-order valence-electron chi connectivity index (χ2n) is 5.76. The largest absolute Gasteiger partial charge is 0.399 e. The lowest BCUT2D eigenvalue weighted by Gasteiger charge is -2.32. The van der Waals surface area contributed by atoms with Crippen LogP contribution in [0, 0.1) is 6.92 Å². The van der Waals surface area contributed by atoms with Gasteiger partial charge in [-0.15, -0.1) is 0 Å². The van der Waals surface area contributed by atoms with Crippen molar-refractivity contribution in [1.82, 2.24) is 4.90 Å². The summed E-state index contributed by atoms with van der Waals surface area (Å²) in [7, 11) is -1.12. The van der Waals surface area contributed by atoms with Gasteiger partial charge in [-0.2, -0.15) is 0 Å². The number of nitrogen functional groups attached to an aromatic ring is 1. The highest BCUT2D eigenvalue weighted by Crippen LogP contribution is 2.23. The SMILES string of the molecule is Cc1cc(N)ccc1S(=O)(=O)CCC1CCCCN1C. The normalized spacial score (nSPS) is 21.0. The Hall–Kier alpha value is -1.07. The van der Waals surface area contributed by atoms with E-state index in [0.29, 0.717) is 23.0 Å². The fraction of sp³-hybridized carbons (Fsp3) is 0.600. The van der Waals surface area contributed by atoms with Crippen LogP contribution in [0.25, 0.3) is 0 Å². The summed E-state index contributed by atoms with van der Waals surface area (Å²) in [5.74, 6) is 0.215. The van der Waals surface area contributed by atoms with Crippen LogP contribution in [0.3, 0.4) is 0 Å². The molecule has 1 heterocycles. The Labute approximate surface area is 121 Å². The van der Waals surface area contributed by atoms with Crippen molar-refractivity contribution in [2.24, 2.45) is 0 Å². The first-order valence-corrected chi connectivity index (χ1v) is 8.84. The molecule has 1 fully saturated rings. The molecule has 1 atom stereocenters. The van der Waals surface area contributed by atoms with E-state index in [1.165, 1.54) is 12.8 Å². The summed E-state index contributed by atoms with van der Waals surface area (Å²) in [6, 6.07) is 5.41. The van der Waals surface area contributed by atoms with E-state index in [4.69, 9.17) is 5.73 Å². The molecule has 0 radical (unpaired) electrons. The van der Waals surface area contributed by atoms with Crippen molar-refractivity contribution in [3.63, 3.8) is 0 Å². The lowest BCUT2D eigenvalue weighted by atomic mass is 10.0. The minimum absolute atomic E-state index is 0.215. The molecule has 4 nitrogen and oxygen atoms in total. The first kappa shape index (κ1) is 15.3. The number of anilines is 1. The molecule has 0 aliphatic carbocycles. The van der Waals surface area contributed by atoms with E-state index < -0.39 is 9.84 Å². The average Bonchev–Trinajstić information content (AvgIpc) is 2.37. The van der Waals surface area contributed by atoms with Crippen molar-refractivity contribution in [3.05, 3.63) is 23.8 Å². The van der Waals surface area contributed by atoms with Gasteiger partial charge < -0.3 is 10.6 Å². The molecule has 0 spiro atoms. The van der Waals surface area contributed by atoms with E-state index in [-0.39, 0.29) is 5.75 Å². The third-order valence-corrected chi connectivity index (χ3v) is 6.08. The highest BCUT2D eigenvalue weighted by molar-refractivity contribution is 7.91. The number of nitrogens with two attached hydrogens (primary N) is 1. The Bertz CT molecular complexity index is 569. The van der Waals surface area contributed by atoms with Crippen molar-refractivity contribution >= 4 is 15.5 Å². The van der Waals surface area contributed by atoms with E-state index in [1.807, 2.05) is 0 Å². The zero-order valence-electron chi connectivity index (χ0n) is 12.3.